The number of benzene rings is 1. The van der Waals surface area contributed by atoms with E-state index >= 15 is 0 Å². The zero-order chi connectivity index (χ0) is 17.1. The van der Waals surface area contributed by atoms with E-state index in [4.69, 9.17) is 4.74 Å². The second-order valence-corrected chi connectivity index (χ2v) is 5.40. The Labute approximate surface area is 139 Å². The van der Waals surface area contributed by atoms with E-state index in [-0.39, 0.29) is 13.3 Å². The molecular formula is C16H19FN6O. The normalized spacial score (nSPS) is 11.0. The molecule has 0 fully saturated rings. The van der Waals surface area contributed by atoms with Gasteiger partial charge in [-0.3, -0.25) is 0 Å². The van der Waals surface area contributed by atoms with Crippen LogP contribution in [0.3, 0.4) is 0 Å². The van der Waals surface area contributed by atoms with E-state index in [1.807, 2.05) is 20.8 Å². The lowest BCUT2D eigenvalue weighted by Crippen LogP contribution is -2.14. The van der Waals surface area contributed by atoms with Crippen LogP contribution in [0.2, 0.25) is 0 Å². The van der Waals surface area contributed by atoms with Crippen LogP contribution in [-0.4, -0.2) is 37.8 Å². The van der Waals surface area contributed by atoms with E-state index in [1.165, 1.54) is 12.1 Å². The van der Waals surface area contributed by atoms with E-state index in [0.717, 1.165) is 0 Å². The fourth-order valence-electron chi connectivity index (χ4n) is 2.09. The van der Waals surface area contributed by atoms with Gasteiger partial charge in [0.2, 0.25) is 17.5 Å². The standard InChI is InChI=1S/C16H17FN6O.H2/c1-4-24-15-12-14(20-16(21-15)18-9(2)3)23-22-13(19-12)10-5-7-11(17)8-6-10;/h5-9H,4H2,1-3H3,(H,18,20,21,23);1H. The molecule has 0 saturated heterocycles. The summed E-state index contributed by atoms with van der Waals surface area (Å²) in [6, 6.07) is 6.04. The van der Waals surface area contributed by atoms with Crippen molar-refractivity contribution in [3.63, 3.8) is 0 Å². The molecule has 0 aliphatic rings. The zero-order valence-electron chi connectivity index (χ0n) is 13.6. The molecule has 1 N–H and O–H groups in total. The topological polar surface area (TPSA) is 85.7 Å². The fraction of sp³-hybridized carbons (Fsp3) is 0.312. The zero-order valence-corrected chi connectivity index (χ0v) is 13.6. The molecule has 0 spiro atoms. The van der Waals surface area contributed by atoms with E-state index in [9.17, 15) is 4.39 Å². The predicted molar refractivity (Wildman–Crippen MR) is 90.4 cm³/mol. The van der Waals surface area contributed by atoms with Crippen molar-refractivity contribution in [3.05, 3.63) is 30.1 Å². The van der Waals surface area contributed by atoms with Gasteiger partial charge in [-0.1, -0.05) is 0 Å². The molecule has 8 heteroatoms. The molecule has 0 unspecified atom stereocenters. The molecule has 0 saturated carbocycles. The lowest BCUT2D eigenvalue weighted by atomic mass is 10.2. The number of hydrogen-bond donors (Lipinski definition) is 1. The largest absolute Gasteiger partial charge is 0.476 e. The van der Waals surface area contributed by atoms with Crippen molar-refractivity contribution in [2.24, 2.45) is 0 Å². The van der Waals surface area contributed by atoms with Gasteiger partial charge in [0.15, 0.2) is 11.3 Å². The highest BCUT2D eigenvalue weighted by Crippen LogP contribution is 2.23. The van der Waals surface area contributed by atoms with Crippen LogP contribution in [0.25, 0.3) is 22.6 Å². The maximum atomic E-state index is 13.1. The maximum absolute atomic E-state index is 13.1. The highest BCUT2D eigenvalue weighted by Gasteiger charge is 2.14. The van der Waals surface area contributed by atoms with Crippen LogP contribution in [0.15, 0.2) is 24.3 Å². The summed E-state index contributed by atoms with van der Waals surface area (Å²) in [5.41, 5.74) is 1.40. The Bertz CT molecular complexity index is 859. The van der Waals surface area contributed by atoms with Crippen molar-refractivity contribution < 1.29 is 10.6 Å². The SMILES string of the molecule is CCOc1nc(NC(C)C)nc2nnc(-c3ccc(F)cc3)nc12.[HH]. The number of anilines is 1. The monoisotopic (exact) mass is 330 g/mol. The quantitative estimate of drug-likeness (QED) is 0.769. The third-order valence-corrected chi connectivity index (χ3v) is 3.09. The Hall–Kier alpha value is -2.90. The number of fused-ring (bicyclic) bond motifs is 1. The minimum Gasteiger partial charge on any atom is -0.476 e. The Morgan fingerprint density at radius 2 is 1.88 bits per heavy atom. The minimum atomic E-state index is -0.324. The van der Waals surface area contributed by atoms with Crippen LogP contribution >= 0.6 is 0 Å². The van der Waals surface area contributed by atoms with Crippen molar-refractivity contribution in [2.45, 2.75) is 26.8 Å². The molecule has 0 aliphatic heterocycles. The smallest absolute Gasteiger partial charge is 0.247 e. The number of halogens is 1. The van der Waals surface area contributed by atoms with E-state index < -0.39 is 0 Å². The number of nitrogens with zero attached hydrogens (tertiary/aromatic N) is 5. The maximum Gasteiger partial charge on any atom is 0.247 e. The predicted octanol–water partition coefficient (Wildman–Crippen LogP) is 3.09. The fourth-order valence-corrected chi connectivity index (χ4v) is 2.09. The molecule has 24 heavy (non-hydrogen) atoms. The Morgan fingerprint density at radius 3 is 2.54 bits per heavy atom. The summed E-state index contributed by atoms with van der Waals surface area (Å²) in [7, 11) is 0. The Kier molecular flexibility index (Phi) is 4.45. The van der Waals surface area contributed by atoms with Gasteiger partial charge in [0.05, 0.1) is 6.61 Å². The lowest BCUT2D eigenvalue weighted by molar-refractivity contribution is 0.330. The van der Waals surface area contributed by atoms with Crippen LogP contribution in [0.1, 0.15) is 22.2 Å². The summed E-state index contributed by atoms with van der Waals surface area (Å²) >= 11 is 0. The number of nitrogens with one attached hydrogen (secondary N) is 1. The van der Waals surface area contributed by atoms with Crippen LogP contribution in [0.5, 0.6) is 5.88 Å². The number of ether oxygens (including phenoxy) is 1. The summed E-state index contributed by atoms with van der Waals surface area (Å²) < 4.78 is 18.6. The van der Waals surface area contributed by atoms with Crippen molar-refractivity contribution in [2.75, 3.05) is 11.9 Å². The van der Waals surface area contributed by atoms with Crippen LogP contribution in [0, 0.1) is 5.82 Å². The molecule has 3 rings (SSSR count). The average molecular weight is 330 g/mol. The van der Waals surface area contributed by atoms with Gasteiger partial charge in [0.1, 0.15) is 5.82 Å². The van der Waals surface area contributed by atoms with Crippen LogP contribution < -0.4 is 10.1 Å². The molecule has 0 amide bonds. The molecule has 0 aliphatic carbocycles. The molecule has 126 valence electrons. The molecular weight excluding hydrogens is 311 g/mol. The molecule has 1 aromatic carbocycles. The van der Waals surface area contributed by atoms with Gasteiger partial charge >= 0.3 is 0 Å². The number of aromatic nitrogens is 5. The number of hydrogen-bond acceptors (Lipinski definition) is 7. The molecule has 0 bridgehead atoms. The summed E-state index contributed by atoms with van der Waals surface area (Å²) in [5, 5.41) is 11.3. The Balaban J connectivity index is 0.00000225. The first kappa shape index (κ1) is 16.0. The van der Waals surface area contributed by atoms with Crippen molar-refractivity contribution in [1.29, 1.82) is 0 Å². The van der Waals surface area contributed by atoms with Gasteiger partial charge in [0, 0.05) is 13.0 Å². The summed E-state index contributed by atoms with van der Waals surface area (Å²) in [4.78, 5) is 13.1. The van der Waals surface area contributed by atoms with E-state index in [0.29, 0.717) is 41.0 Å². The van der Waals surface area contributed by atoms with Crippen LogP contribution in [0.4, 0.5) is 10.3 Å². The van der Waals surface area contributed by atoms with Gasteiger partial charge in [-0.15, -0.1) is 10.2 Å². The average Bonchev–Trinajstić information content (AvgIpc) is 2.55. The van der Waals surface area contributed by atoms with Gasteiger partial charge in [-0.05, 0) is 45.0 Å². The molecule has 0 radical (unpaired) electrons. The molecule has 2 aromatic heterocycles. The van der Waals surface area contributed by atoms with Gasteiger partial charge in [0.25, 0.3) is 0 Å². The molecule has 7 nitrogen and oxygen atoms in total. The van der Waals surface area contributed by atoms with E-state index in [2.05, 4.69) is 30.5 Å². The third kappa shape index (κ3) is 3.37. The molecule has 0 atom stereocenters. The van der Waals surface area contributed by atoms with E-state index in [1.54, 1.807) is 12.1 Å². The summed E-state index contributed by atoms with van der Waals surface area (Å²) in [6.07, 6.45) is 0. The van der Waals surface area contributed by atoms with Gasteiger partial charge in [-0.25, -0.2) is 9.37 Å². The first-order valence-electron chi connectivity index (χ1n) is 7.64. The van der Waals surface area contributed by atoms with Gasteiger partial charge in [-0.2, -0.15) is 9.97 Å². The van der Waals surface area contributed by atoms with Crippen molar-refractivity contribution in [1.82, 2.24) is 25.1 Å². The lowest BCUT2D eigenvalue weighted by Gasteiger charge is -2.11. The van der Waals surface area contributed by atoms with Gasteiger partial charge < -0.3 is 10.1 Å². The first-order chi connectivity index (χ1) is 11.6. The Morgan fingerprint density at radius 1 is 1.12 bits per heavy atom. The third-order valence-electron chi connectivity index (χ3n) is 3.09. The second-order valence-electron chi connectivity index (χ2n) is 5.40. The van der Waals surface area contributed by atoms with Crippen molar-refractivity contribution >= 4 is 17.1 Å². The van der Waals surface area contributed by atoms with Crippen molar-refractivity contribution in [3.8, 4) is 17.3 Å². The van der Waals surface area contributed by atoms with Crippen LogP contribution in [-0.2, 0) is 0 Å². The second kappa shape index (κ2) is 6.69. The minimum absolute atomic E-state index is 0. The molecule has 3 aromatic rings. The summed E-state index contributed by atoms with van der Waals surface area (Å²) in [6.45, 7) is 6.26. The summed E-state index contributed by atoms with van der Waals surface area (Å²) in [5.74, 6) is 0.780. The highest BCUT2D eigenvalue weighted by molar-refractivity contribution is 5.78. The highest BCUT2D eigenvalue weighted by atomic mass is 19.1. The molecule has 2 heterocycles. The number of rotatable bonds is 5. The first-order valence-corrected chi connectivity index (χ1v) is 7.64.